The zero-order chi connectivity index (χ0) is 17.3. The van der Waals surface area contributed by atoms with Crippen LogP contribution >= 0.6 is 0 Å². The second kappa shape index (κ2) is 11.0. The van der Waals surface area contributed by atoms with Gasteiger partial charge in [0, 0.05) is 5.57 Å². The smallest absolute Gasteiger partial charge is 0.875 e. The number of nitrogens with one attached hydrogen (secondary N) is 1. The molecule has 0 aromatic heterocycles. The summed E-state index contributed by atoms with van der Waals surface area (Å²) in [5.41, 5.74) is 2.95. The van der Waals surface area contributed by atoms with E-state index in [1.54, 1.807) is 32.9 Å². The van der Waals surface area contributed by atoms with Crippen LogP contribution in [-0.4, -0.2) is 11.5 Å². The van der Waals surface area contributed by atoms with Crippen molar-refractivity contribution in [2.24, 2.45) is 0 Å². The first-order chi connectivity index (χ1) is 10.8. The van der Waals surface area contributed by atoms with E-state index in [-0.39, 0.29) is 29.2 Å². The Morgan fingerprint density at radius 1 is 1.33 bits per heavy atom. The fourth-order valence-corrected chi connectivity index (χ4v) is 1.69. The molecular weight excluding hydrogens is 346 g/mol. The molecule has 0 atom stereocenters. The van der Waals surface area contributed by atoms with Crippen LogP contribution in [0.1, 0.15) is 27.2 Å². The number of hydrogen-bond acceptors (Lipinski definition) is 4. The minimum Gasteiger partial charge on any atom is -0.875 e. The second-order valence-electron chi connectivity index (χ2n) is 5.89. The minimum absolute atomic E-state index is 0. The molecule has 2 radical (unpaired) electrons. The van der Waals surface area contributed by atoms with Crippen LogP contribution in [0.5, 0.6) is 0 Å². The third kappa shape index (κ3) is 8.82. The topological polar surface area (TPSA) is 61.4 Å². The van der Waals surface area contributed by atoms with Crippen molar-refractivity contribution in [2.45, 2.75) is 32.7 Å². The molecule has 5 heteroatoms. The fraction of sp³-hybridized carbons (Fsp3) is 0.263. The summed E-state index contributed by atoms with van der Waals surface area (Å²) in [4.78, 5) is 16.1. The SMILES string of the molecule is C=C(C)C(=O)ONC(C)(C)CC([O-])=C1C=CC=C1.[CH]1[CH][CH-]C=C1.[Fe+2]. The molecule has 2 rings (SSSR count). The zero-order valence-electron chi connectivity index (χ0n) is 14.2. The molecule has 0 saturated carbocycles. The maximum atomic E-state index is 11.9. The molecule has 130 valence electrons. The van der Waals surface area contributed by atoms with Crippen molar-refractivity contribution < 1.29 is 31.8 Å². The molecule has 0 unspecified atom stereocenters. The Morgan fingerprint density at radius 3 is 2.38 bits per heavy atom. The molecule has 0 aliphatic heterocycles. The van der Waals surface area contributed by atoms with E-state index in [4.69, 9.17) is 4.84 Å². The fourth-order valence-electron chi connectivity index (χ4n) is 1.69. The molecule has 0 heterocycles. The average Bonchev–Trinajstić information content (AvgIpc) is 3.18. The summed E-state index contributed by atoms with van der Waals surface area (Å²) in [7, 11) is 0. The van der Waals surface area contributed by atoms with Gasteiger partial charge >= 0.3 is 23.0 Å². The van der Waals surface area contributed by atoms with Crippen LogP contribution in [0, 0.1) is 19.3 Å². The van der Waals surface area contributed by atoms with Gasteiger partial charge in [0.2, 0.25) is 0 Å². The first-order valence-electron chi connectivity index (χ1n) is 7.37. The van der Waals surface area contributed by atoms with Gasteiger partial charge in [-0.05, 0) is 32.8 Å². The van der Waals surface area contributed by atoms with Crippen LogP contribution in [-0.2, 0) is 26.7 Å². The number of hydroxylamine groups is 1. The second-order valence-corrected chi connectivity index (χ2v) is 5.89. The van der Waals surface area contributed by atoms with Crippen molar-refractivity contribution in [3.63, 3.8) is 0 Å². The van der Waals surface area contributed by atoms with Gasteiger partial charge in [0.05, 0.1) is 5.54 Å². The molecule has 0 bridgehead atoms. The third-order valence-corrected chi connectivity index (χ3v) is 2.91. The maximum absolute atomic E-state index is 11.9. The molecule has 0 fully saturated rings. The number of allylic oxidation sites excluding steroid dienone is 7. The van der Waals surface area contributed by atoms with Crippen LogP contribution in [0.15, 0.2) is 59.9 Å². The van der Waals surface area contributed by atoms with Gasteiger partial charge in [-0.1, -0.05) is 30.9 Å². The maximum Gasteiger partial charge on any atom is 2.00 e. The first kappa shape index (κ1) is 22.3. The molecule has 24 heavy (non-hydrogen) atoms. The Hall–Kier alpha value is -1.68. The first-order valence-corrected chi connectivity index (χ1v) is 7.37. The van der Waals surface area contributed by atoms with Crippen LogP contribution < -0.4 is 10.6 Å². The zero-order valence-corrected chi connectivity index (χ0v) is 15.3. The minimum atomic E-state index is -0.626. The molecule has 0 saturated heterocycles. The van der Waals surface area contributed by atoms with Crippen molar-refractivity contribution in [2.75, 3.05) is 0 Å². The summed E-state index contributed by atoms with van der Waals surface area (Å²) in [6, 6.07) is 0. The summed E-state index contributed by atoms with van der Waals surface area (Å²) in [6.07, 6.45) is 17.4. The molecular formula is C19H23FeNO3. The van der Waals surface area contributed by atoms with Crippen molar-refractivity contribution in [3.05, 3.63) is 79.2 Å². The summed E-state index contributed by atoms with van der Waals surface area (Å²) in [5.74, 6) is -0.521. The number of hydrogen-bond donors (Lipinski definition) is 1. The van der Waals surface area contributed by atoms with Gasteiger partial charge in [0.15, 0.2) is 0 Å². The van der Waals surface area contributed by atoms with Crippen LogP contribution in [0.4, 0.5) is 0 Å². The Morgan fingerprint density at radius 2 is 1.96 bits per heavy atom. The largest absolute Gasteiger partial charge is 2.00 e. The van der Waals surface area contributed by atoms with Crippen LogP contribution in [0.25, 0.3) is 0 Å². The van der Waals surface area contributed by atoms with Crippen molar-refractivity contribution in [1.29, 1.82) is 0 Å². The summed E-state index contributed by atoms with van der Waals surface area (Å²) in [5, 5.41) is 11.9. The summed E-state index contributed by atoms with van der Waals surface area (Å²) in [6.45, 7) is 8.62. The van der Waals surface area contributed by atoms with E-state index < -0.39 is 11.5 Å². The quantitative estimate of drug-likeness (QED) is 0.266. The van der Waals surface area contributed by atoms with E-state index in [0.717, 1.165) is 0 Å². The van der Waals surface area contributed by atoms with Gasteiger partial charge < -0.3 is 9.94 Å². The van der Waals surface area contributed by atoms with Gasteiger partial charge in [-0.2, -0.15) is 0 Å². The Labute approximate surface area is 155 Å². The predicted octanol–water partition coefficient (Wildman–Crippen LogP) is 2.69. The summed E-state index contributed by atoms with van der Waals surface area (Å²) < 4.78 is 0. The van der Waals surface area contributed by atoms with E-state index >= 15 is 0 Å². The van der Waals surface area contributed by atoms with E-state index in [1.807, 2.05) is 43.6 Å². The molecule has 0 aromatic rings. The van der Waals surface area contributed by atoms with E-state index in [1.165, 1.54) is 0 Å². The van der Waals surface area contributed by atoms with Crippen LogP contribution in [0.3, 0.4) is 0 Å². The molecule has 0 amide bonds. The third-order valence-electron chi connectivity index (χ3n) is 2.91. The Kier molecular flexibility index (Phi) is 10.2. The van der Waals surface area contributed by atoms with Crippen LogP contribution in [0.2, 0.25) is 0 Å². The van der Waals surface area contributed by atoms with Crippen molar-refractivity contribution in [1.82, 2.24) is 5.48 Å². The molecule has 2 aliphatic carbocycles. The molecule has 0 spiro atoms. The standard InChI is InChI=1S/C14H19NO3.C5H5.Fe/c1-10(2)13(17)18-15-14(3,4)9-12(16)11-7-5-6-8-11;1-2-4-5-3-1;/h5-8,15-16H,1,9H2,2-4H3;1-5H;/q;-1;+2/p-1. The molecule has 4 nitrogen and oxygen atoms in total. The monoisotopic (exact) mass is 369 g/mol. The van der Waals surface area contributed by atoms with Gasteiger partial charge in [-0.25, -0.2) is 23.4 Å². The molecule has 0 aromatic carbocycles. The molecule has 1 N–H and O–H groups in total. The number of carbonyl (C=O) groups is 1. The van der Waals surface area contributed by atoms with Gasteiger partial charge in [0.25, 0.3) is 0 Å². The van der Waals surface area contributed by atoms with E-state index in [0.29, 0.717) is 11.1 Å². The number of carbonyl (C=O) groups excluding carboxylic acids is 1. The summed E-state index contributed by atoms with van der Waals surface area (Å²) >= 11 is 0. The average molecular weight is 369 g/mol. The van der Waals surface area contributed by atoms with Gasteiger partial charge in [0.1, 0.15) is 0 Å². The molecule has 2 aliphatic rings. The van der Waals surface area contributed by atoms with Crippen molar-refractivity contribution in [3.8, 4) is 0 Å². The normalized spacial score (nSPS) is 14.4. The van der Waals surface area contributed by atoms with Gasteiger partial charge in [-0.3, -0.25) is 0 Å². The Bertz CT molecular complexity index is 537. The number of rotatable bonds is 5. The predicted molar refractivity (Wildman–Crippen MR) is 90.1 cm³/mol. The van der Waals surface area contributed by atoms with Crippen molar-refractivity contribution >= 4 is 5.97 Å². The van der Waals surface area contributed by atoms with E-state index in [2.05, 4.69) is 12.1 Å². The van der Waals surface area contributed by atoms with Gasteiger partial charge in [-0.15, -0.1) is 24.1 Å². The Balaban J connectivity index is 0.000000751. The van der Waals surface area contributed by atoms with E-state index in [9.17, 15) is 9.90 Å².